The van der Waals surface area contributed by atoms with Crippen molar-refractivity contribution in [2.75, 3.05) is 25.5 Å². The van der Waals surface area contributed by atoms with Gasteiger partial charge in [-0.3, -0.25) is 0 Å². The molecule has 112 valence electrons. The van der Waals surface area contributed by atoms with Crippen molar-refractivity contribution >= 4 is 11.8 Å². The van der Waals surface area contributed by atoms with Crippen molar-refractivity contribution in [3.8, 4) is 0 Å². The van der Waals surface area contributed by atoms with Crippen molar-refractivity contribution in [2.45, 2.75) is 69.5 Å². The smallest absolute Gasteiger partial charge is 0.169 e. The summed E-state index contributed by atoms with van der Waals surface area (Å²) in [7, 11) is 0. The zero-order chi connectivity index (χ0) is 13.6. The van der Waals surface area contributed by atoms with Gasteiger partial charge in [0.05, 0.1) is 13.2 Å². The molecule has 19 heavy (non-hydrogen) atoms. The van der Waals surface area contributed by atoms with Crippen molar-refractivity contribution in [1.29, 1.82) is 0 Å². The summed E-state index contributed by atoms with van der Waals surface area (Å²) in [6.45, 7) is 7.18. The topological polar surface area (TPSA) is 30.5 Å². The first-order valence-corrected chi connectivity index (χ1v) is 8.97. The average molecular weight is 287 g/mol. The van der Waals surface area contributed by atoms with Gasteiger partial charge in [-0.1, -0.05) is 20.3 Å². The van der Waals surface area contributed by atoms with Crippen LogP contribution in [0.25, 0.3) is 0 Å². The molecule has 2 aliphatic rings. The zero-order valence-electron chi connectivity index (χ0n) is 12.5. The lowest BCUT2D eigenvalue weighted by molar-refractivity contribution is -0.178. The van der Waals surface area contributed by atoms with Crippen LogP contribution in [0.5, 0.6) is 0 Å². The molecule has 0 bridgehead atoms. The molecule has 2 fully saturated rings. The van der Waals surface area contributed by atoms with E-state index >= 15 is 0 Å². The van der Waals surface area contributed by atoms with Gasteiger partial charge < -0.3 is 14.8 Å². The first-order valence-electron chi connectivity index (χ1n) is 7.92. The van der Waals surface area contributed by atoms with E-state index in [-0.39, 0.29) is 5.79 Å². The normalized spacial score (nSPS) is 30.0. The fourth-order valence-corrected chi connectivity index (χ4v) is 4.58. The maximum Gasteiger partial charge on any atom is 0.169 e. The molecule has 2 atom stereocenters. The Bertz CT molecular complexity index is 257. The molecular weight excluding hydrogens is 258 g/mol. The fraction of sp³-hybridized carbons (Fsp3) is 1.00. The van der Waals surface area contributed by atoms with Gasteiger partial charge in [0, 0.05) is 24.1 Å². The summed E-state index contributed by atoms with van der Waals surface area (Å²) in [6.07, 6.45) is 7.11. The third-order valence-electron chi connectivity index (χ3n) is 4.10. The van der Waals surface area contributed by atoms with Crippen molar-refractivity contribution in [3.05, 3.63) is 0 Å². The summed E-state index contributed by atoms with van der Waals surface area (Å²) in [5.41, 5.74) is 0. The van der Waals surface area contributed by atoms with Gasteiger partial charge >= 0.3 is 0 Å². The summed E-state index contributed by atoms with van der Waals surface area (Å²) in [5, 5.41) is 4.37. The lowest BCUT2D eigenvalue weighted by Gasteiger charge is -2.41. The summed E-state index contributed by atoms with van der Waals surface area (Å²) < 4.78 is 11.8. The minimum atomic E-state index is -0.242. The molecule has 1 saturated carbocycles. The van der Waals surface area contributed by atoms with Gasteiger partial charge in [0.2, 0.25) is 0 Å². The summed E-state index contributed by atoms with van der Waals surface area (Å²) in [4.78, 5) is 0. The number of unbranched alkanes of at least 4 members (excludes halogenated alkanes) is 1. The van der Waals surface area contributed by atoms with Crippen molar-refractivity contribution < 1.29 is 9.47 Å². The molecule has 3 nitrogen and oxygen atoms in total. The highest BCUT2D eigenvalue weighted by molar-refractivity contribution is 7.99. The molecule has 1 N–H and O–H groups in total. The monoisotopic (exact) mass is 287 g/mol. The summed E-state index contributed by atoms with van der Waals surface area (Å²) in [5.74, 6) is 1.02. The molecule has 2 unspecified atom stereocenters. The van der Waals surface area contributed by atoms with Crippen LogP contribution in [0.15, 0.2) is 0 Å². The number of rotatable bonds is 7. The molecule has 1 aliphatic carbocycles. The Morgan fingerprint density at radius 3 is 2.68 bits per heavy atom. The van der Waals surface area contributed by atoms with Crippen LogP contribution in [-0.4, -0.2) is 42.6 Å². The van der Waals surface area contributed by atoms with Gasteiger partial charge in [-0.15, -0.1) is 0 Å². The van der Waals surface area contributed by atoms with E-state index < -0.39 is 0 Å². The summed E-state index contributed by atoms with van der Waals surface area (Å²) in [6, 6.07) is 0.639. The number of hydrogen-bond acceptors (Lipinski definition) is 4. The largest absolute Gasteiger partial charge is 0.347 e. The van der Waals surface area contributed by atoms with E-state index in [4.69, 9.17) is 9.47 Å². The average Bonchev–Trinajstić information content (AvgIpc) is 2.87. The first-order chi connectivity index (χ1) is 9.29. The quantitative estimate of drug-likeness (QED) is 0.729. The van der Waals surface area contributed by atoms with E-state index in [0.717, 1.165) is 32.6 Å². The maximum atomic E-state index is 5.91. The highest BCUT2D eigenvalue weighted by Gasteiger charge is 2.44. The molecule has 1 aliphatic heterocycles. The molecule has 1 spiro atoms. The number of hydrogen-bond donors (Lipinski definition) is 1. The minimum Gasteiger partial charge on any atom is -0.347 e. The van der Waals surface area contributed by atoms with Gasteiger partial charge in [-0.25, -0.2) is 0 Å². The summed E-state index contributed by atoms with van der Waals surface area (Å²) >= 11 is 2.12. The van der Waals surface area contributed by atoms with Crippen LogP contribution >= 0.6 is 11.8 Å². The van der Waals surface area contributed by atoms with Crippen LogP contribution in [0.1, 0.15) is 52.4 Å². The van der Waals surface area contributed by atoms with E-state index in [1.807, 2.05) is 0 Å². The molecule has 1 saturated heterocycles. The Balaban J connectivity index is 1.88. The van der Waals surface area contributed by atoms with Gasteiger partial charge in [-0.05, 0) is 31.6 Å². The van der Waals surface area contributed by atoms with E-state index in [1.165, 1.54) is 31.4 Å². The number of ether oxygens (including phenoxy) is 2. The molecule has 0 amide bonds. The first kappa shape index (κ1) is 15.6. The van der Waals surface area contributed by atoms with Crippen LogP contribution in [-0.2, 0) is 9.47 Å². The Morgan fingerprint density at radius 1 is 1.21 bits per heavy atom. The van der Waals surface area contributed by atoms with Crippen molar-refractivity contribution in [1.82, 2.24) is 5.32 Å². The van der Waals surface area contributed by atoms with E-state index in [9.17, 15) is 0 Å². The highest BCUT2D eigenvalue weighted by atomic mass is 32.2. The Morgan fingerprint density at radius 2 is 2.00 bits per heavy atom. The molecule has 0 aromatic rings. The van der Waals surface area contributed by atoms with Gasteiger partial charge in [0.1, 0.15) is 0 Å². The minimum absolute atomic E-state index is 0.242. The Labute approximate surface area is 122 Å². The molecular formula is C15H29NO2S. The fourth-order valence-electron chi connectivity index (χ4n) is 2.99. The Hall–Kier alpha value is 0.230. The van der Waals surface area contributed by atoms with E-state index in [1.54, 1.807) is 0 Å². The maximum absolute atomic E-state index is 5.91. The predicted octanol–water partition coefficient (Wildman–Crippen LogP) is 3.18. The SMILES string of the molecule is CCCCSC1CC2(CCC1NCCC)OCCO2. The lowest BCUT2D eigenvalue weighted by Crippen LogP contribution is -2.50. The number of thioether (sulfide) groups is 1. The van der Waals surface area contributed by atoms with E-state index in [2.05, 4.69) is 30.9 Å². The molecule has 0 aromatic carbocycles. The highest BCUT2D eigenvalue weighted by Crippen LogP contribution is 2.40. The standard InChI is InChI=1S/C15H29NO2S/c1-3-5-11-19-14-12-15(17-9-10-18-15)7-6-13(14)16-8-4-2/h13-14,16H,3-12H2,1-2H3. The lowest BCUT2D eigenvalue weighted by atomic mass is 9.89. The van der Waals surface area contributed by atoms with Crippen LogP contribution < -0.4 is 5.32 Å². The molecule has 0 aromatic heterocycles. The second kappa shape index (κ2) is 7.87. The third-order valence-corrected chi connectivity index (χ3v) is 5.54. The second-order valence-corrected chi connectivity index (χ2v) is 7.02. The van der Waals surface area contributed by atoms with E-state index in [0.29, 0.717) is 11.3 Å². The Kier molecular flexibility index (Phi) is 6.46. The molecule has 1 heterocycles. The molecule has 2 rings (SSSR count). The molecule has 0 radical (unpaired) electrons. The van der Waals surface area contributed by atoms with Gasteiger partial charge in [-0.2, -0.15) is 11.8 Å². The van der Waals surface area contributed by atoms with Crippen LogP contribution in [0.3, 0.4) is 0 Å². The molecule has 4 heteroatoms. The van der Waals surface area contributed by atoms with Crippen molar-refractivity contribution in [3.63, 3.8) is 0 Å². The van der Waals surface area contributed by atoms with Crippen molar-refractivity contribution in [2.24, 2.45) is 0 Å². The zero-order valence-corrected chi connectivity index (χ0v) is 13.3. The third kappa shape index (κ3) is 4.35. The van der Waals surface area contributed by atoms with Crippen LogP contribution in [0.2, 0.25) is 0 Å². The number of nitrogens with one attached hydrogen (secondary N) is 1. The van der Waals surface area contributed by atoms with Gasteiger partial charge in [0.25, 0.3) is 0 Å². The van der Waals surface area contributed by atoms with Crippen LogP contribution in [0.4, 0.5) is 0 Å². The van der Waals surface area contributed by atoms with Gasteiger partial charge in [0.15, 0.2) is 5.79 Å². The van der Waals surface area contributed by atoms with Crippen LogP contribution in [0, 0.1) is 0 Å². The second-order valence-electron chi connectivity index (χ2n) is 5.67. The predicted molar refractivity (Wildman–Crippen MR) is 81.7 cm³/mol.